The summed E-state index contributed by atoms with van der Waals surface area (Å²) in [4.78, 5) is 16.7. The molecule has 0 saturated heterocycles. The maximum Gasteiger partial charge on any atom is 0.254 e. The predicted molar refractivity (Wildman–Crippen MR) is 98.7 cm³/mol. The number of rotatable bonds is 5. The van der Waals surface area contributed by atoms with E-state index >= 15 is 0 Å². The molecule has 2 aromatic carbocycles. The summed E-state index contributed by atoms with van der Waals surface area (Å²) >= 11 is 0. The Hall–Kier alpha value is -2.69. The van der Waals surface area contributed by atoms with Crippen molar-refractivity contribution in [2.24, 2.45) is 0 Å². The van der Waals surface area contributed by atoms with Crippen molar-refractivity contribution in [3.63, 3.8) is 0 Å². The first-order valence-corrected chi connectivity index (χ1v) is 8.53. The van der Waals surface area contributed by atoms with Crippen molar-refractivity contribution >= 4 is 11.6 Å². The van der Waals surface area contributed by atoms with Gasteiger partial charge in [0.25, 0.3) is 5.91 Å². The van der Waals surface area contributed by atoms with Gasteiger partial charge in [0.1, 0.15) is 6.61 Å². The van der Waals surface area contributed by atoms with E-state index < -0.39 is 0 Å². The lowest BCUT2D eigenvalue weighted by Crippen LogP contribution is -2.43. The summed E-state index contributed by atoms with van der Waals surface area (Å²) in [7, 11) is 3.93. The zero-order chi connectivity index (χ0) is 17.8. The van der Waals surface area contributed by atoms with Crippen LogP contribution in [-0.4, -0.2) is 50.7 Å². The van der Waals surface area contributed by atoms with E-state index in [1.54, 1.807) is 4.90 Å². The highest BCUT2D eigenvalue weighted by Gasteiger charge is 2.25. The molecule has 0 aliphatic carbocycles. The average Bonchev–Trinajstić information content (AvgIpc) is 2.65. The van der Waals surface area contributed by atoms with Crippen molar-refractivity contribution < 1.29 is 14.3 Å². The topological polar surface area (TPSA) is 42.0 Å². The van der Waals surface area contributed by atoms with Crippen molar-refractivity contribution in [2.75, 3.05) is 38.7 Å². The van der Waals surface area contributed by atoms with E-state index in [9.17, 15) is 4.79 Å². The van der Waals surface area contributed by atoms with Crippen molar-refractivity contribution in [1.29, 1.82) is 0 Å². The number of carbonyl (C=O) groups excluding carboxylic acids is 1. The summed E-state index contributed by atoms with van der Waals surface area (Å²) in [6.45, 7) is 3.53. The van der Waals surface area contributed by atoms with Gasteiger partial charge in [-0.2, -0.15) is 0 Å². The molecule has 1 atom stereocenters. The van der Waals surface area contributed by atoms with Crippen molar-refractivity contribution in [3.8, 4) is 11.5 Å². The minimum absolute atomic E-state index is 0.00802. The van der Waals surface area contributed by atoms with Gasteiger partial charge in [-0.3, -0.25) is 4.79 Å². The van der Waals surface area contributed by atoms with Gasteiger partial charge in [-0.1, -0.05) is 18.2 Å². The zero-order valence-electron chi connectivity index (χ0n) is 14.9. The number of carbonyl (C=O) groups is 1. The second-order valence-electron chi connectivity index (χ2n) is 6.29. The molecule has 0 aromatic heterocycles. The van der Waals surface area contributed by atoms with Gasteiger partial charge in [0, 0.05) is 31.9 Å². The van der Waals surface area contributed by atoms with Crippen LogP contribution in [0.15, 0.2) is 48.5 Å². The Kier molecular flexibility index (Phi) is 5.12. The Labute approximate surface area is 148 Å². The molecule has 2 aromatic rings. The Morgan fingerprint density at radius 2 is 1.88 bits per heavy atom. The molecule has 0 saturated carbocycles. The summed E-state index contributed by atoms with van der Waals surface area (Å²) in [5, 5.41) is 0. The third-order valence-electron chi connectivity index (χ3n) is 4.27. The maximum absolute atomic E-state index is 12.9. The predicted octanol–water partition coefficient (Wildman–Crippen LogP) is 3.05. The van der Waals surface area contributed by atoms with Gasteiger partial charge < -0.3 is 19.3 Å². The van der Waals surface area contributed by atoms with Crippen LogP contribution >= 0.6 is 0 Å². The quantitative estimate of drug-likeness (QED) is 0.839. The first kappa shape index (κ1) is 17.1. The summed E-state index contributed by atoms with van der Waals surface area (Å²) in [5.74, 6) is 1.50. The highest BCUT2D eigenvalue weighted by molar-refractivity contribution is 5.95. The Bertz CT molecular complexity index is 745. The highest BCUT2D eigenvalue weighted by Crippen LogP contribution is 2.31. The second-order valence-corrected chi connectivity index (χ2v) is 6.29. The number of hydrogen-bond donors (Lipinski definition) is 0. The molecule has 1 aliphatic heterocycles. The molecule has 0 N–H and O–H groups in total. The van der Waals surface area contributed by atoms with E-state index in [4.69, 9.17) is 9.47 Å². The molecule has 1 heterocycles. The van der Waals surface area contributed by atoms with Crippen LogP contribution in [0.4, 0.5) is 5.69 Å². The largest absolute Gasteiger partial charge is 0.486 e. The van der Waals surface area contributed by atoms with E-state index in [1.165, 1.54) is 0 Å². The van der Waals surface area contributed by atoms with Crippen LogP contribution in [0.2, 0.25) is 0 Å². The van der Waals surface area contributed by atoms with Crippen LogP contribution in [0.5, 0.6) is 11.5 Å². The molecule has 132 valence electrons. The van der Waals surface area contributed by atoms with Gasteiger partial charge in [0.2, 0.25) is 0 Å². The van der Waals surface area contributed by atoms with Crippen LogP contribution in [0.1, 0.15) is 17.3 Å². The van der Waals surface area contributed by atoms with Gasteiger partial charge in [0.05, 0.1) is 6.54 Å². The molecular weight excluding hydrogens is 316 g/mol. The minimum atomic E-state index is -0.171. The van der Waals surface area contributed by atoms with Crippen molar-refractivity contribution in [1.82, 2.24) is 4.90 Å². The molecule has 0 spiro atoms. The van der Waals surface area contributed by atoms with Gasteiger partial charge in [-0.25, -0.2) is 0 Å². The maximum atomic E-state index is 12.9. The number of likely N-dealkylation sites (N-methyl/N-ethyl adjacent to an activating group) is 1. The zero-order valence-corrected chi connectivity index (χ0v) is 14.9. The lowest BCUT2D eigenvalue weighted by atomic mass is 10.1. The number of amides is 1. The number of benzene rings is 2. The average molecular weight is 340 g/mol. The molecule has 0 fully saturated rings. The smallest absolute Gasteiger partial charge is 0.254 e. The van der Waals surface area contributed by atoms with Crippen LogP contribution in [0, 0.1) is 0 Å². The summed E-state index contributed by atoms with van der Waals surface area (Å²) in [6.07, 6.45) is -0.171. The van der Waals surface area contributed by atoms with E-state index in [0.717, 1.165) is 17.2 Å². The second kappa shape index (κ2) is 7.47. The number of para-hydroxylation sites is 2. The number of nitrogens with zero attached hydrogens (tertiary/aromatic N) is 2. The van der Waals surface area contributed by atoms with E-state index in [1.807, 2.05) is 74.4 Å². The molecule has 1 aliphatic rings. The SMILES string of the molecule is CCN(C[C@H]1COc2ccccc2O1)C(=O)c1cccc(N(C)C)c1. The fourth-order valence-corrected chi connectivity index (χ4v) is 2.85. The van der Waals surface area contributed by atoms with Crippen LogP contribution in [0.3, 0.4) is 0 Å². The van der Waals surface area contributed by atoms with E-state index in [0.29, 0.717) is 25.3 Å². The van der Waals surface area contributed by atoms with Crippen molar-refractivity contribution in [3.05, 3.63) is 54.1 Å². The number of anilines is 1. The molecule has 3 rings (SSSR count). The molecule has 5 nitrogen and oxygen atoms in total. The highest BCUT2D eigenvalue weighted by atomic mass is 16.6. The molecule has 0 unspecified atom stereocenters. The molecular formula is C20H24N2O3. The first-order valence-electron chi connectivity index (χ1n) is 8.53. The van der Waals surface area contributed by atoms with Crippen LogP contribution < -0.4 is 14.4 Å². The fourth-order valence-electron chi connectivity index (χ4n) is 2.85. The minimum Gasteiger partial charge on any atom is -0.486 e. The number of ether oxygens (including phenoxy) is 2. The molecule has 1 amide bonds. The first-order chi connectivity index (χ1) is 12.1. The third-order valence-corrected chi connectivity index (χ3v) is 4.27. The molecule has 0 radical (unpaired) electrons. The third kappa shape index (κ3) is 3.87. The van der Waals surface area contributed by atoms with Gasteiger partial charge in [-0.15, -0.1) is 0 Å². The monoisotopic (exact) mass is 340 g/mol. The van der Waals surface area contributed by atoms with E-state index in [-0.39, 0.29) is 12.0 Å². The number of fused-ring (bicyclic) bond motifs is 1. The van der Waals surface area contributed by atoms with Crippen LogP contribution in [-0.2, 0) is 0 Å². The Morgan fingerprint density at radius 1 is 1.12 bits per heavy atom. The summed E-state index contributed by atoms with van der Waals surface area (Å²) < 4.78 is 11.7. The lowest BCUT2D eigenvalue weighted by Gasteiger charge is -2.31. The normalized spacial score (nSPS) is 15.6. The standard InChI is InChI=1S/C20H24N2O3/c1-4-22(20(23)15-8-7-9-16(12-15)21(2)3)13-17-14-24-18-10-5-6-11-19(18)25-17/h5-12,17H,4,13-14H2,1-3H3/t17-/m0/s1. The summed E-state index contributed by atoms with van der Waals surface area (Å²) in [5.41, 5.74) is 1.69. The Balaban J connectivity index is 1.70. The van der Waals surface area contributed by atoms with Crippen molar-refractivity contribution in [2.45, 2.75) is 13.0 Å². The Morgan fingerprint density at radius 3 is 2.60 bits per heavy atom. The fraction of sp³-hybridized carbons (Fsp3) is 0.350. The van der Waals surface area contributed by atoms with Gasteiger partial charge >= 0.3 is 0 Å². The van der Waals surface area contributed by atoms with Crippen LogP contribution in [0.25, 0.3) is 0 Å². The van der Waals surface area contributed by atoms with E-state index in [2.05, 4.69) is 0 Å². The summed E-state index contributed by atoms with van der Waals surface area (Å²) in [6, 6.07) is 15.3. The molecule has 0 bridgehead atoms. The van der Waals surface area contributed by atoms with Gasteiger partial charge in [0.15, 0.2) is 17.6 Å². The molecule has 5 heteroatoms. The lowest BCUT2D eigenvalue weighted by molar-refractivity contribution is 0.0475. The van der Waals surface area contributed by atoms with Gasteiger partial charge in [-0.05, 0) is 37.3 Å². The number of hydrogen-bond acceptors (Lipinski definition) is 4. The molecule has 25 heavy (non-hydrogen) atoms.